The van der Waals surface area contributed by atoms with E-state index in [4.69, 9.17) is 9.15 Å². The number of furan rings is 1. The maximum absolute atomic E-state index is 9.40. The van der Waals surface area contributed by atoms with Crippen LogP contribution in [-0.2, 0) is 13.2 Å². The summed E-state index contributed by atoms with van der Waals surface area (Å²) >= 11 is 0. The van der Waals surface area contributed by atoms with Crippen molar-refractivity contribution in [3.63, 3.8) is 0 Å². The van der Waals surface area contributed by atoms with Gasteiger partial charge in [-0.3, -0.25) is 0 Å². The minimum absolute atomic E-state index is 0.104. The Hall–Kier alpha value is -2.52. The number of ether oxygens (including phenoxy) is 1. The molecule has 0 aliphatic rings. The van der Waals surface area contributed by atoms with E-state index in [0.29, 0.717) is 12.4 Å². The van der Waals surface area contributed by atoms with Crippen LogP contribution in [0.25, 0.3) is 11.1 Å². The molecule has 0 aliphatic heterocycles. The minimum atomic E-state index is -0.104. The summed E-state index contributed by atoms with van der Waals surface area (Å²) in [4.78, 5) is 0. The van der Waals surface area contributed by atoms with Crippen LogP contribution < -0.4 is 4.74 Å². The third-order valence-corrected chi connectivity index (χ3v) is 3.91. The second-order valence-electron chi connectivity index (χ2n) is 5.62. The average molecular weight is 308 g/mol. The predicted molar refractivity (Wildman–Crippen MR) is 90.3 cm³/mol. The predicted octanol–water partition coefficient (Wildman–Crippen LogP) is 4.63. The van der Waals surface area contributed by atoms with Crippen LogP contribution >= 0.6 is 0 Å². The smallest absolute Gasteiger partial charge is 0.136 e. The third kappa shape index (κ3) is 3.30. The molecule has 3 nitrogen and oxygen atoms in total. The second-order valence-corrected chi connectivity index (χ2v) is 5.62. The van der Waals surface area contributed by atoms with Crippen molar-refractivity contribution < 1.29 is 14.3 Å². The lowest BCUT2D eigenvalue weighted by molar-refractivity contribution is 0.248. The fourth-order valence-corrected chi connectivity index (χ4v) is 2.86. The molecule has 2 aromatic carbocycles. The largest absolute Gasteiger partial charge is 0.489 e. The monoisotopic (exact) mass is 308 g/mol. The van der Waals surface area contributed by atoms with E-state index in [-0.39, 0.29) is 6.61 Å². The van der Waals surface area contributed by atoms with Crippen molar-refractivity contribution in [2.45, 2.75) is 27.1 Å². The highest BCUT2D eigenvalue weighted by atomic mass is 16.5. The zero-order valence-electron chi connectivity index (χ0n) is 13.4. The van der Waals surface area contributed by atoms with Crippen LogP contribution in [0.4, 0.5) is 0 Å². The average Bonchev–Trinajstić information content (AvgIpc) is 3.01. The molecule has 0 amide bonds. The van der Waals surface area contributed by atoms with Crippen LogP contribution in [0.5, 0.6) is 5.75 Å². The fourth-order valence-electron chi connectivity index (χ4n) is 2.86. The number of hydrogen-bond donors (Lipinski definition) is 1. The molecule has 23 heavy (non-hydrogen) atoms. The molecule has 0 bridgehead atoms. The summed E-state index contributed by atoms with van der Waals surface area (Å²) < 4.78 is 11.2. The third-order valence-electron chi connectivity index (χ3n) is 3.91. The highest BCUT2D eigenvalue weighted by molar-refractivity contribution is 5.73. The van der Waals surface area contributed by atoms with Crippen molar-refractivity contribution in [2.24, 2.45) is 0 Å². The first-order valence-electron chi connectivity index (χ1n) is 7.64. The van der Waals surface area contributed by atoms with Crippen molar-refractivity contribution in [2.75, 3.05) is 0 Å². The van der Waals surface area contributed by atoms with Gasteiger partial charge < -0.3 is 14.3 Å². The maximum atomic E-state index is 9.40. The molecule has 3 heteroatoms. The number of aliphatic hydroxyl groups excluding tert-OH is 1. The Morgan fingerprint density at radius 3 is 2.35 bits per heavy atom. The van der Waals surface area contributed by atoms with Gasteiger partial charge in [0.05, 0.1) is 6.26 Å². The fraction of sp³-hybridized carbons (Fsp3) is 0.200. The van der Waals surface area contributed by atoms with Gasteiger partial charge in [-0.25, -0.2) is 0 Å². The lowest BCUT2D eigenvalue weighted by Crippen LogP contribution is -1.98. The van der Waals surface area contributed by atoms with Gasteiger partial charge in [-0.2, -0.15) is 0 Å². The molecule has 3 aromatic rings. The topological polar surface area (TPSA) is 42.6 Å². The van der Waals surface area contributed by atoms with E-state index >= 15 is 0 Å². The van der Waals surface area contributed by atoms with Crippen LogP contribution in [0, 0.1) is 13.8 Å². The molecule has 0 atom stereocenters. The molecule has 1 heterocycles. The van der Waals surface area contributed by atoms with Crippen molar-refractivity contribution in [1.29, 1.82) is 0 Å². The quantitative estimate of drug-likeness (QED) is 0.747. The van der Waals surface area contributed by atoms with E-state index in [1.165, 1.54) is 0 Å². The standard InChI is InChI=1S/C20H20O3/c1-14-10-17(23-13-16-6-4-3-5-7-16)11-15(2)20(14)18-8-9-22-19(18)12-21/h3-11,21H,12-13H2,1-2H3. The number of aryl methyl sites for hydroxylation is 2. The van der Waals surface area contributed by atoms with Crippen LogP contribution in [0.2, 0.25) is 0 Å². The molecule has 0 unspecified atom stereocenters. The molecular formula is C20H20O3. The Morgan fingerprint density at radius 2 is 1.70 bits per heavy atom. The molecule has 0 fully saturated rings. The highest BCUT2D eigenvalue weighted by Crippen LogP contribution is 2.34. The van der Waals surface area contributed by atoms with E-state index in [2.05, 4.69) is 0 Å². The van der Waals surface area contributed by atoms with Gasteiger partial charge in [-0.05, 0) is 54.3 Å². The SMILES string of the molecule is Cc1cc(OCc2ccccc2)cc(C)c1-c1ccoc1CO. The Bertz CT molecular complexity index is 765. The van der Waals surface area contributed by atoms with E-state index < -0.39 is 0 Å². The Morgan fingerprint density at radius 1 is 1.00 bits per heavy atom. The molecule has 0 saturated carbocycles. The first kappa shape index (κ1) is 15.4. The summed E-state index contributed by atoms with van der Waals surface area (Å²) in [7, 11) is 0. The second kappa shape index (κ2) is 6.71. The van der Waals surface area contributed by atoms with E-state index in [9.17, 15) is 5.11 Å². The lowest BCUT2D eigenvalue weighted by Gasteiger charge is -2.13. The molecule has 1 N–H and O–H groups in total. The van der Waals surface area contributed by atoms with Gasteiger partial charge in [0, 0.05) is 5.56 Å². The first-order valence-corrected chi connectivity index (χ1v) is 7.64. The molecule has 3 rings (SSSR count). The lowest BCUT2D eigenvalue weighted by atomic mass is 9.95. The van der Waals surface area contributed by atoms with Crippen LogP contribution in [-0.4, -0.2) is 5.11 Å². The Kier molecular flexibility index (Phi) is 4.49. The van der Waals surface area contributed by atoms with Gasteiger partial charge >= 0.3 is 0 Å². The van der Waals surface area contributed by atoms with Crippen molar-refractivity contribution in [1.82, 2.24) is 0 Å². The molecule has 118 valence electrons. The molecule has 1 aromatic heterocycles. The van der Waals surface area contributed by atoms with Crippen molar-refractivity contribution >= 4 is 0 Å². The van der Waals surface area contributed by atoms with E-state index in [1.807, 2.05) is 62.4 Å². The van der Waals surface area contributed by atoms with Gasteiger partial charge in [-0.1, -0.05) is 30.3 Å². The first-order chi connectivity index (χ1) is 11.2. The molecular weight excluding hydrogens is 288 g/mol. The van der Waals surface area contributed by atoms with Gasteiger partial charge in [0.2, 0.25) is 0 Å². The number of aliphatic hydroxyl groups is 1. The van der Waals surface area contributed by atoms with E-state index in [0.717, 1.165) is 33.6 Å². The van der Waals surface area contributed by atoms with Crippen molar-refractivity contribution in [3.8, 4) is 16.9 Å². The summed E-state index contributed by atoms with van der Waals surface area (Å²) in [6, 6.07) is 16.1. The zero-order chi connectivity index (χ0) is 16.2. The molecule has 0 aliphatic carbocycles. The Labute approximate surface area is 136 Å². The van der Waals surface area contributed by atoms with Gasteiger partial charge in [0.25, 0.3) is 0 Å². The Balaban J connectivity index is 1.86. The van der Waals surface area contributed by atoms with E-state index in [1.54, 1.807) is 6.26 Å². The summed E-state index contributed by atoms with van der Waals surface area (Å²) in [6.07, 6.45) is 1.61. The van der Waals surface area contributed by atoms with Crippen LogP contribution in [0.1, 0.15) is 22.5 Å². The maximum Gasteiger partial charge on any atom is 0.136 e. The van der Waals surface area contributed by atoms with Gasteiger partial charge in [0.15, 0.2) is 0 Å². The summed E-state index contributed by atoms with van der Waals surface area (Å²) in [6.45, 7) is 4.54. The van der Waals surface area contributed by atoms with Crippen LogP contribution in [0.15, 0.2) is 59.2 Å². The summed E-state index contributed by atoms with van der Waals surface area (Å²) in [5, 5.41) is 9.40. The van der Waals surface area contributed by atoms with Gasteiger partial charge in [0.1, 0.15) is 24.7 Å². The van der Waals surface area contributed by atoms with Crippen molar-refractivity contribution in [3.05, 3.63) is 77.2 Å². The highest BCUT2D eigenvalue weighted by Gasteiger charge is 2.14. The molecule has 0 radical (unpaired) electrons. The minimum Gasteiger partial charge on any atom is -0.489 e. The number of rotatable bonds is 5. The molecule has 0 spiro atoms. The zero-order valence-corrected chi connectivity index (χ0v) is 13.4. The van der Waals surface area contributed by atoms with Crippen LogP contribution in [0.3, 0.4) is 0 Å². The summed E-state index contributed by atoms with van der Waals surface area (Å²) in [5.41, 5.74) is 5.38. The summed E-state index contributed by atoms with van der Waals surface area (Å²) in [5.74, 6) is 1.44. The number of benzene rings is 2. The molecule has 0 saturated heterocycles. The normalized spacial score (nSPS) is 10.7. The number of hydrogen-bond acceptors (Lipinski definition) is 3. The van der Waals surface area contributed by atoms with Gasteiger partial charge in [-0.15, -0.1) is 0 Å².